The summed E-state index contributed by atoms with van der Waals surface area (Å²) in [6.07, 6.45) is 0. The van der Waals surface area contributed by atoms with E-state index in [1.807, 2.05) is 0 Å². The van der Waals surface area contributed by atoms with Crippen LogP contribution in [0.15, 0.2) is 18.2 Å². The van der Waals surface area contributed by atoms with Crippen LogP contribution in [0.2, 0.25) is 0 Å². The number of halogens is 1. The van der Waals surface area contributed by atoms with Gasteiger partial charge in [0.15, 0.2) is 0 Å². The molecule has 2 atom stereocenters. The number of carbonyl (C=O) groups excluding carboxylic acids is 1. The van der Waals surface area contributed by atoms with Crippen LogP contribution in [0.4, 0.5) is 4.39 Å². The number of phenolic OH excluding ortho intramolecular Hbond substituents is 1. The molecular formula is C13H14FNO5. The van der Waals surface area contributed by atoms with Crippen LogP contribution >= 0.6 is 0 Å². The lowest BCUT2D eigenvalue weighted by molar-refractivity contribution is -0.148. The first-order chi connectivity index (χ1) is 9.34. The van der Waals surface area contributed by atoms with Gasteiger partial charge in [-0.2, -0.15) is 0 Å². The summed E-state index contributed by atoms with van der Waals surface area (Å²) in [5.74, 6) is -2.88. The minimum absolute atomic E-state index is 0.0254. The van der Waals surface area contributed by atoms with Gasteiger partial charge in [0.25, 0.3) is 5.91 Å². The van der Waals surface area contributed by atoms with Gasteiger partial charge in [-0.15, -0.1) is 0 Å². The fourth-order valence-electron chi connectivity index (χ4n) is 2.01. The zero-order valence-electron chi connectivity index (χ0n) is 10.7. The van der Waals surface area contributed by atoms with E-state index in [0.717, 1.165) is 18.2 Å². The van der Waals surface area contributed by atoms with Gasteiger partial charge in [0.05, 0.1) is 24.8 Å². The van der Waals surface area contributed by atoms with Crippen molar-refractivity contribution >= 4 is 11.9 Å². The Morgan fingerprint density at radius 1 is 1.50 bits per heavy atom. The highest BCUT2D eigenvalue weighted by Crippen LogP contribution is 2.29. The van der Waals surface area contributed by atoms with Gasteiger partial charge in [0.1, 0.15) is 17.0 Å². The van der Waals surface area contributed by atoms with Crippen LogP contribution in [0.3, 0.4) is 0 Å². The van der Waals surface area contributed by atoms with Crippen LogP contribution in [0.5, 0.6) is 5.75 Å². The molecule has 2 unspecified atom stereocenters. The van der Waals surface area contributed by atoms with Gasteiger partial charge in [0, 0.05) is 0 Å². The quantitative estimate of drug-likeness (QED) is 0.760. The van der Waals surface area contributed by atoms with Gasteiger partial charge in [-0.3, -0.25) is 9.59 Å². The molecule has 0 bridgehead atoms. The SMILES string of the molecule is CC1(C(=O)O)COCC1NC(=O)c1cc(F)ccc1O. The van der Waals surface area contributed by atoms with Crippen LogP contribution in [0.1, 0.15) is 17.3 Å². The lowest BCUT2D eigenvalue weighted by Gasteiger charge is -2.25. The number of nitrogens with one attached hydrogen (secondary N) is 1. The first-order valence-electron chi connectivity index (χ1n) is 5.95. The molecule has 1 aliphatic heterocycles. The average Bonchev–Trinajstić information content (AvgIpc) is 2.75. The first-order valence-corrected chi connectivity index (χ1v) is 5.95. The number of hydrogen-bond donors (Lipinski definition) is 3. The lowest BCUT2D eigenvalue weighted by atomic mass is 9.85. The second-order valence-corrected chi connectivity index (χ2v) is 4.93. The summed E-state index contributed by atoms with van der Waals surface area (Å²) in [5.41, 5.74) is -1.50. The average molecular weight is 283 g/mol. The van der Waals surface area contributed by atoms with Crippen molar-refractivity contribution in [3.8, 4) is 5.75 Å². The predicted octanol–water partition coefficient (Wildman–Crippen LogP) is 0.751. The van der Waals surface area contributed by atoms with E-state index in [0.29, 0.717) is 0 Å². The van der Waals surface area contributed by atoms with E-state index in [9.17, 15) is 24.2 Å². The minimum atomic E-state index is -1.25. The van der Waals surface area contributed by atoms with E-state index in [2.05, 4.69) is 5.32 Å². The number of carboxylic acid groups (broad SMARTS) is 1. The van der Waals surface area contributed by atoms with Gasteiger partial charge in [0.2, 0.25) is 0 Å². The molecule has 0 spiro atoms. The number of ether oxygens (including phenoxy) is 1. The van der Waals surface area contributed by atoms with E-state index in [1.54, 1.807) is 0 Å². The molecule has 1 heterocycles. The maximum atomic E-state index is 13.1. The zero-order valence-corrected chi connectivity index (χ0v) is 10.7. The number of carbonyl (C=O) groups is 2. The maximum absolute atomic E-state index is 13.1. The van der Waals surface area contributed by atoms with Crippen molar-refractivity contribution in [3.05, 3.63) is 29.6 Å². The number of benzene rings is 1. The Kier molecular flexibility index (Phi) is 3.63. The van der Waals surface area contributed by atoms with Gasteiger partial charge in [-0.1, -0.05) is 0 Å². The number of amides is 1. The maximum Gasteiger partial charge on any atom is 0.313 e. The summed E-state index contributed by atoms with van der Waals surface area (Å²) in [6, 6.07) is 2.21. The second kappa shape index (κ2) is 5.09. The fraction of sp³-hybridized carbons (Fsp3) is 0.385. The second-order valence-electron chi connectivity index (χ2n) is 4.93. The highest BCUT2D eigenvalue weighted by atomic mass is 19.1. The van der Waals surface area contributed by atoms with E-state index in [1.165, 1.54) is 6.92 Å². The molecule has 1 aromatic carbocycles. The van der Waals surface area contributed by atoms with Crippen molar-refractivity contribution in [3.63, 3.8) is 0 Å². The molecule has 1 saturated heterocycles. The third kappa shape index (κ3) is 2.44. The topological polar surface area (TPSA) is 95.9 Å². The summed E-state index contributed by atoms with van der Waals surface area (Å²) in [6.45, 7) is 1.48. The van der Waals surface area contributed by atoms with E-state index in [4.69, 9.17) is 4.74 Å². The van der Waals surface area contributed by atoms with Gasteiger partial charge in [-0.25, -0.2) is 4.39 Å². The molecule has 20 heavy (non-hydrogen) atoms. The third-order valence-electron chi connectivity index (χ3n) is 3.45. The van der Waals surface area contributed by atoms with Crippen molar-refractivity contribution in [1.82, 2.24) is 5.32 Å². The van der Waals surface area contributed by atoms with Crippen LogP contribution in [-0.4, -0.2) is 41.3 Å². The first kappa shape index (κ1) is 14.3. The third-order valence-corrected chi connectivity index (χ3v) is 3.45. The number of carboxylic acids is 1. The molecule has 3 N–H and O–H groups in total. The standard InChI is InChI=1S/C13H14FNO5/c1-13(12(18)19)6-20-5-10(13)15-11(17)8-4-7(14)2-3-9(8)16/h2-4,10,16H,5-6H2,1H3,(H,15,17)(H,18,19). The van der Waals surface area contributed by atoms with Crippen molar-refractivity contribution < 1.29 is 28.9 Å². The molecule has 7 heteroatoms. The van der Waals surface area contributed by atoms with Crippen molar-refractivity contribution in [2.24, 2.45) is 5.41 Å². The molecule has 2 rings (SSSR count). The molecule has 0 aromatic heterocycles. The normalized spacial score (nSPS) is 25.4. The summed E-state index contributed by atoms with van der Waals surface area (Å²) >= 11 is 0. The van der Waals surface area contributed by atoms with E-state index >= 15 is 0 Å². The summed E-state index contributed by atoms with van der Waals surface area (Å²) < 4.78 is 18.2. The molecule has 1 aliphatic rings. The van der Waals surface area contributed by atoms with Crippen LogP contribution < -0.4 is 5.32 Å². The molecule has 1 amide bonds. The Labute approximate surface area is 114 Å². The molecule has 1 fully saturated rings. The van der Waals surface area contributed by atoms with Crippen LogP contribution in [-0.2, 0) is 9.53 Å². The van der Waals surface area contributed by atoms with Gasteiger partial charge < -0.3 is 20.3 Å². The van der Waals surface area contributed by atoms with Crippen molar-refractivity contribution in [1.29, 1.82) is 0 Å². The fourth-order valence-corrected chi connectivity index (χ4v) is 2.01. The highest BCUT2D eigenvalue weighted by Gasteiger charge is 2.47. The van der Waals surface area contributed by atoms with Gasteiger partial charge in [-0.05, 0) is 25.1 Å². The molecule has 0 aliphatic carbocycles. The lowest BCUT2D eigenvalue weighted by Crippen LogP contribution is -2.49. The van der Waals surface area contributed by atoms with Crippen LogP contribution in [0.25, 0.3) is 0 Å². The Bertz CT molecular complexity index is 562. The monoisotopic (exact) mass is 283 g/mol. The van der Waals surface area contributed by atoms with Crippen molar-refractivity contribution in [2.75, 3.05) is 13.2 Å². The number of rotatable bonds is 3. The Morgan fingerprint density at radius 2 is 2.20 bits per heavy atom. The number of aromatic hydroxyl groups is 1. The summed E-state index contributed by atoms with van der Waals surface area (Å²) in [4.78, 5) is 23.2. The number of aliphatic carboxylic acids is 1. The number of hydrogen-bond acceptors (Lipinski definition) is 4. The molecule has 0 radical (unpaired) electrons. The van der Waals surface area contributed by atoms with Crippen LogP contribution in [0, 0.1) is 11.2 Å². The Hall–Kier alpha value is -2.15. The van der Waals surface area contributed by atoms with E-state index < -0.39 is 29.2 Å². The number of phenols is 1. The smallest absolute Gasteiger partial charge is 0.313 e. The predicted molar refractivity (Wildman–Crippen MR) is 65.9 cm³/mol. The molecule has 108 valence electrons. The molecule has 0 saturated carbocycles. The minimum Gasteiger partial charge on any atom is -0.507 e. The Morgan fingerprint density at radius 3 is 2.85 bits per heavy atom. The molecule has 1 aromatic rings. The summed E-state index contributed by atoms with van der Waals surface area (Å²) in [5, 5.41) is 21.2. The largest absolute Gasteiger partial charge is 0.507 e. The summed E-state index contributed by atoms with van der Waals surface area (Å²) in [7, 11) is 0. The molecular weight excluding hydrogens is 269 g/mol. The Balaban J connectivity index is 2.19. The highest BCUT2D eigenvalue weighted by molar-refractivity contribution is 5.97. The van der Waals surface area contributed by atoms with Crippen molar-refractivity contribution in [2.45, 2.75) is 13.0 Å². The molecule has 6 nitrogen and oxygen atoms in total. The zero-order chi connectivity index (χ0) is 14.9. The van der Waals surface area contributed by atoms with E-state index in [-0.39, 0.29) is 24.5 Å². The van der Waals surface area contributed by atoms with Gasteiger partial charge >= 0.3 is 5.97 Å².